The number of halogens is 1. The predicted octanol–water partition coefficient (Wildman–Crippen LogP) is 1.34. The third kappa shape index (κ3) is 2.71. The number of rotatable bonds is 1. The van der Waals surface area contributed by atoms with Crippen LogP contribution < -0.4 is 5.32 Å². The molecule has 1 atom stereocenters. The molecule has 0 aromatic carbocycles. The summed E-state index contributed by atoms with van der Waals surface area (Å²) in [6.45, 7) is 2.78. The van der Waals surface area contributed by atoms with E-state index in [0.29, 0.717) is 35.9 Å². The lowest BCUT2D eigenvalue weighted by Gasteiger charge is -2.25. The molecule has 3 heterocycles. The van der Waals surface area contributed by atoms with Gasteiger partial charge < -0.3 is 14.6 Å². The van der Waals surface area contributed by atoms with E-state index >= 15 is 0 Å². The second-order valence-corrected chi connectivity index (χ2v) is 5.58. The van der Waals surface area contributed by atoms with Gasteiger partial charge in [-0.15, -0.1) is 0 Å². The Labute approximate surface area is 126 Å². The first-order chi connectivity index (χ1) is 10.0. The van der Waals surface area contributed by atoms with Gasteiger partial charge in [-0.1, -0.05) is 11.6 Å². The lowest BCUT2D eigenvalue weighted by molar-refractivity contribution is -0.120. The maximum Gasteiger partial charge on any atom is 0.274 e. The van der Waals surface area contributed by atoms with Gasteiger partial charge in [0.25, 0.3) is 5.91 Å². The Balaban J connectivity index is 1.90. The fourth-order valence-electron chi connectivity index (χ4n) is 2.42. The standard InChI is InChI=1S/C14H15ClN4O2/c1-9-6-16-13(20)4-5-19(9)14(21)11-8-18-7-10(15)2-3-12(18)17-11/h2-3,7-9H,4-6H2,1H3,(H,16,20)/t9-/m1/s1. The third-order valence-corrected chi connectivity index (χ3v) is 3.82. The van der Waals surface area contributed by atoms with Crippen molar-refractivity contribution in [3.05, 3.63) is 35.2 Å². The molecule has 1 aliphatic rings. The summed E-state index contributed by atoms with van der Waals surface area (Å²) >= 11 is 5.93. The summed E-state index contributed by atoms with van der Waals surface area (Å²) in [5.41, 5.74) is 1.03. The molecule has 0 aliphatic carbocycles. The van der Waals surface area contributed by atoms with Crippen molar-refractivity contribution < 1.29 is 9.59 Å². The highest BCUT2D eigenvalue weighted by Gasteiger charge is 2.26. The first-order valence-electron chi connectivity index (χ1n) is 6.76. The van der Waals surface area contributed by atoms with Gasteiger partial charge in [0, 0.05) is 37.9 Å². The minimum atomic E-state index is -0.168. The minimum Gasteiger partial charge on any atom is -0.354 e. The Kier molecular flexibility index (Phi) is 3.55. The molecule has 1 fully saturated rings. The number of nitrogens with zero attached hydrogens (tertiary/aromatic N) is 3. The van der Waals surface area contributed by atoms with Crippen molar-refractivity contribution in [2.45, 2.75) is 19.4 Å². The van der Waals surface area contributed by atoms with Gasteiger partial charge in [0.1, 0.15) is 11.3 Å². The molecule has 1 N–H and O–H groups in total. The maximum absolute atomic E-state index is 12.6. The molecule has 0 unspecified atom stereocenters. The number of imidazole rings is 1. The maximum atomic E-state index is 12.6. The van der Waals surface area contributed by atoms with Gasteiger partial charge in [0.2, 0.25) is 5.91 Å². The van der Waals surface area contributed by atoms with E-state index in [1.54, 1.807) is 33.8 Å². The first-order valence-corrected chi connectivity index (χ1v) is 7.14. The molecule has 0 radical (unpaired) electrons. The molecular weight excluding hydrogens is 292 g/mol. The highest BCUT2D eigenvalue weighted by molar-refractivity contribution is 6.30. The Morgan fingerprint density at radius 1 is 1.43 bits per heavy atom. The van der Waals surface area contributed by atoms with E-state index in [-0.39, 0.29) is 17.9 Å². The largest absolute Gasteiger partial charge is 0.354 e. The molecule has 2 amide bonds. The van der Waals surface area contributed by atoms with E-state index in [4.69, 9.17) is 11.6 Å². The topological polar surface area (TPSA) is 66.7 Å². The number of amides is 2. The summed E-state index contributed by atoms with van der Waals surface area (Å²) in [6.07, 6.45) is 3.68. The Bertz CT molecular complexity index is 712. The smallest absolute Gasteiger partial charge is 0.274 e. The van der Waals surface area contributed by atoms with Crippen molar-refractivity contribution >= 4 is 29.1 Å². The van der Waals surface area contributed by atoms with Gasteiger partial charge in [0.15, 0.2) is 0 Å². The third-order valence-electron chi connectivity index (χ3n) is 3.60. The number of nitrogens with one attached hydrogen (secondary N) is 1. The summed E-state index contributed by atoms with van der Waals surface area (Å²) in [6, 6.07) is 3.43. The molecule has 0 spiro atoms. The first kappa shape index (κ1) is 13.9. The zero-order valence-corrected chi connectivity index (χ0v) is 12.3. The number of carbonyl (C=O) groups is 2. The number of pyridine rings is 1. The summed E-state index contributed by atoms with van der Waals surface area (Å²) in [7, 11) is 0. The molecule has 2 aromatic rings. The van der Waals surface area contributed by atoms with E-state index in [0.717, 1.165) is 0 Å². The van der Waals surface area contributed by atoms with Crippen LogP contribution in [0.25, 0.3) is 5.65 Å². The summed E-state index contributed by atoms with van der Waals surface area (Å²) in [5, 5.41) is 3.37. The minimum absolute atomic E-state index is 0.0288. The van der Waals surface area contributed by atoms with Crippen molar-refractivity contribution in [3.8, 4) is 0 Å². The number of hydrogen-bond donors (Lipinski definition) is 1. The molecule has 0 bridgehead atoms. The molecule has 2 aromatic heterocycles. The van der Waals surface area contributed by atoms with E-state index in [2.05, 4.69) is 10.3 Å². The van der Waals surface area contributed by atoms with Gasteiger partial charge in [-0.3, -0.25) is 9.59 Å². The van der Waals surface area contributed by atoms with Gasteiger partial charge in [-0.05, 0) is 19.1 Å². The zero-order chi connectivity index (χ0) is 15.0. The monoisotopic (exact) mass is 306 g/mol. The van der Waals surface area contributed by atoms with Crippen molar-refractivity contribution in [1.29, 1.82) is 0 Å². The summed E-state index contributed by atoms with van der Waals surface area (Å²) < 4.78 is 1.72. The van der Waals surface area contributed by atoms with Crippen LogP contribution in [-0.4, -0.2) is 45.2 Å². The Hall–Kier alpha value is -2.08. The molecule has 21 heavy (non-hydrogen) atoms. The van der Waals surface area contributed by atoms with Crippen LogP contribution in [0.4, 0.5) is 0 Å². The van der Waals surface area contributed by atoms with Crippen molar-refractivity contribution in [2.24, 2.45) is 0 Å². The fraction of sp³-hybridized carbons (Fsp3) is 0.357. The van der Waals surface area contributed by atoms with E-state index in [1.165, 1.54) is 0 Å². The highest BCUT2D eigenvalue weighted by Crippen LogP contribution is 2.15. The van der Waals surface area contributed by atoms with Gasteiger partial charge in [0.05, 0.1) is 5.02 Å². The average molecular weight is 307 g/mol. The van der Waals surface area contributed by atoms with Crippen LogP contribution in [-0.2, 0) is 4.79 Å². The van der Waals surface area contributed by atoms with E-state index in [9.17, 15) is 9.59 Å². The van der Waals surface area contributed by atoms with Gasteiger partial charge in [-0.2, -0.15) is 0 Å². The van der Waals surface area contributed by atoms with Crippen molar-refractivity contribution in [2.75, 3.05) is 13.1 Å². The molecule has 0 saturated carbocycles. The number of carbonyl (C=O) groups excluding carboxylic acids is 2. The lowest BCUT2D eigenvalue weighted by Crippen LogP contribution is -2.41. The molecule has 7 heteroatoms. The van der Waals surface area contributed by atoms with Crippen LogP contribution >= 0.6 is 11.6 Å². The fourth-order valence-corrected chi connectivity index (χ4v) is 2.59. The number of hydrogen-bond acceptors (Lipinski definition) is 3. The van der Waals surface area contributed by atoms with E-state index < -0.39 is 0 Å². The number of aromatic nitrogens is 2. The van der Waals surface area contributed by atoms with E-state index in [1.807, 2.05) is 6.92 Å². The van der Waals surface area contributed by atoms with Crippen LogP contribution in [0, 0.1) is 0 Å². The molecular formula is C14H15ClN4O2. The Morgan fingerprint density at radius 3 is 3.05 bits per heavy atom. The van der Waals surface area contributed by atoms with Crippen LogP contribution in [0.3, 0.4) is 0 Å². The molecule has 1 aliphatic heterocycles. The molecule has 6 nitrogen and oxygen atoms in total. The van der Waals surface area contributed by atoms with Crippen LogP contribution in [0.2, 0.25) is 5.02 Å². The molecule has 1 saturated heterocycles. The second-order valence-electron chi connectivity index (χ2n) is 5.14. The SMILES string of the molecule is C[C@@H]1CNC(=O)CCN1C(=O)c1cn2cc(Cl)ccc2n1. The number of fused-ring (bicyclic) bond motifs is 1. The quantitative estimate of drug-likeness (QED) is 0.864. The summed E-state index contributed by atoms with van der Waals surface area (Å²) in [5.74, 6) is -0.197. The molecule has 110 valence electrons. The highest BCUT2D eigenvalue weighted by atomic mass is 35.5. The predicted molar refractivity (Wildman–Crippen MR) is 78.3 cm³/mol. The zero-order valence-electron chi connectivity index (χ0n) is 11.5. The van der Waals surface area contributed by atoms with Crippen LogP contribution in [0.15, 0.2) is 24.5 Å². The summed E-state index contributed by atoms with van der Waals surface area (Å²) in [4.78, 5) is 30.0. The van der Waals surface area contributed by atoms with Gasteiger partial charge >= 0.3 is 0 Å². The van der Waals surface area contributed by atoms with Gasteiger partial charge in [-0.25, -0.2) is 4.98 Å². The molecule has 3 rings (SSSR count). The second kappa shape index (κ2) is 5.37. The average Bonchev–Trinajstić information content (AvgIpc) is 2.80. The normalized spacial score (nSPS) is 19.4. The van der Waals surface area contributed by atoms with Crippen LogP contribution in [0.5, 0.6) is 0 Å². The van der Waals surface area contributed by atoms with Crippen molar-refractivity contribution in [1.82, 2.24) is 19.6 Å². The lowest BCUT2D eigenvalue weighted by atomic mass is 10.2. The Morgan fingerprint density at radius 2 is 2.24 bits per heavy atom. The van der Waals surface area contributed by atoms with Crippen LogP contribution in [0.1, 0.15) is 23.8 Å². The van der Waals surface area contributed by atoms with Crippen molar-refractivity contribution in [3.63, 3.8) is 0 Å².